The molecule has 9 rings (SSSR count). The minimum atomic E-state index is -1.56. The zero-order chi connectivity index (χ0) is 42.5. The van der Waals surface area contributed by atoms with Gasteiger partial charge < -0.3 is 59.9 Å². The fourth-order valence-corrected chi connectivity index (χ4v) is 9.72. The minimum absolute atomic E-state index is 0.0328. The Kier molecular flexibility index (Phi) is 11.6. The predicted molar refractivity (Wildman–Crippen MR) is 210 cm³/mol. The molecule has 3 aromatic carbocycles. The molecule has 17 nitrogen and oxygen atoms in total. The van der Waals surface area contributed by atoms with E-state index in [1.807, 2.05) is 48.5 Å². The van der Waals surface area contributed by atoms with Crippen molar-refractivity contribution in [2.24, 2.45) is 5.41 Å². The summed E-state index contributed by atoms with van der Waals surface area (Å²) < 4.78 is 30.7. The predicted octanol–water partition coefficient (Wildman–Crippen LogP) is -0.366. The highest BCUT2D eigenvalue weighted by Crippen LogP contribution is 2.58. The van der Waals surface area contributed by atoms with Gasteiger partial charge in [-0.1, -0.05) is 72.8 Å². The molecular weight excluding hydrogens is 794 g/mol. The summed E-state index contributed by atoms with van der Waals surface area (Å²) in [4.78, 5) is 48.4. The molecule has 2 aliphatic carbocycles. The molecule has 4 aliphatic heterocycles. The number of carbonyl (C=O) groups excluding carboxylic acids is 3. The number of hydrogen-bond acceptors (Lipinski definition) is 15. The average molecular weight is 844 g/mol. The van der Waals surface area contributed by atoms with Gasteiger partial charge in [0.25, 0.3) is 5.91 Å². The molecule has 6 aliphatic rings. The lowest BCUT2D eigenvalue weighted by Crippen LogP contribution is -2.69. The van der Waals surface area contributed by atoms with Crippen molar-refractivity contribution in [3.8, 4) is 0 Å². The standard InChI is InChI=1S/C44H49N3O14/c48-14-13-45-39(53)27-12-4-7-25(17-27)21-46-42(55)44-20-30-35-36(60-43(59-35)18-28-10-1-2-11-29(28)19-43)38(44)61-47(37(44)40(54)57-30)22-26-8-3-6-24(16-26)9-5-15-56-41-34(52)33(51)32(50)31(23-49)58-41/h1-12,16-17,30-38,41,48-52H,13-15,18-23H2,(H,45,53)(H,46,55)/t30-,31-,32+,33+,34-,35+,36+,37+,38-,41+,44+/m1/s1. The summed E-state index contributed by atoms with van der Waals surface area (Å²) in [6.45, 7) is -0.548. The first-order chi connectivity index (χ1) is 29.5. The van der Waals surface area contributed by atoms with Crippen LogP contribution in [-0.2, 0) is 64.0 Å². The summed E-state index contributed by atoms with van der Waals surface area (Å²) in [6, 6.07) is 21.1. The van der Waals surface area contributed by atoms with Gasteiger partial charge in [0.1, 0.15) is 54.2 Å². The lowest BCUT2D eigenvalue weighted by Gasteiger charge is -2.48. The molecule has 3 aromatic rings. The van der Waals surface area contributed by atoms with Crippen LogP contribution in [0.25, 0.3) is 6.08 Å². The highest BCUT2D eigenvalue weighted by Gasteiger charge is 2.76. The van der Waals surface area contributed by atoms with Gasteiger partial charge in [0, 0.05) is 37.9 Å². The van der Waals surface area contributed by atoms with E-state index in [1.165, 1.54) is 5.06 Å². The van der Waals surface area contributed by atoms with Crippen LogP contribution in [0.4, 0.5) is 0 Å². The third-order valence-electron chi connectivity index (χ3n) is 12.6. The second-order valence-electron chi connectivity index (χ2n) is 16.5. The number of carbonyl (C=O) groups is 3. The van der Waals surface area contributed by atoms with E-state index in [0.29, 0.717) is 24.0 Å². The quantitative estimate of drug-likeness (QED) is 0.109. The van der Waals surface area contributed by atoms with Gasteiger partial charge in [-0.05, 0) is 39.9 Å². The summed E-state index contributed by atoms with van der Waals surface area (Å²) in [6.07, 6.45) is -5.52. The Bertz CT molecular complexity index is 2140. The van der Waals surface area contributed by atoms with E-state index >= 15 is 0 Å². The van der Waals surface area contributed by atoms with E-state index in [2.05, 4.69) is 10.6 Å². The number of nitrogens with zero attached hydrogens (tertiary/aromatic N) is 1. The van der Waals surface area contributed by atoms with Crippen molar-refractivity contribution >= 4 is 23.9 Å². The van der Waals surface area contributed by atoms with Gasteiger partial charge >= 0.3 is 5.97 Å². The highest BCUT2D eigenvalue weighted by molar-refractivity contribution is 5.95. The van der Waals surface area contributed by atoms with Crippen LogP contribution in [-0.4, -0.2) is 142 Å². The SMILES string of the molecule is O=C(NCCO)c1cccc(CNC(=O)[C@@]23C[C@H]4OC(=O)[C@@H]2N(Cc2cccc(C=CCO[C@H]5O[C@H](CO)[C@H](O)[C@H](O)[C@H]5O)c2)O[C@@H]3[C@H]2OC3(Cc5ccccc5C3)O[C@H]24)c1. The van der Waals surface area contributed by atoms with E-state index in [4.69, 9.17) is 33.6 Å². The molecule has 4 saturated heterocycles. The van der Waals surface area contributed by atoms with Crippen LogP contribution >= 0.6 is 0 Å². The van der Waals surface area contributed by atoms with Gasteiger partial charge in [-0.25, -0.2) is 0 Å². The van der Waals surface area contributed by atoms with Crippen molar-refractivity contribution < 1.29 is 68.4 Å². The minimum Gasteiger partial charge on any atom is -0.458 e. The number of ether oxygens (including phenoxy) is 5. The van der Waals surface area contributed by atoms with Gasteiger partial charge in [-0.2, -0.15) is 5.06 Å². The molecule has 0 radical (unpaired) electrons. The van der Waals surface area contributed by atoms with Gasteiger partial charge in [-0.15, -0.1) is 0 Å². The summed E-state index contributed by atoms with van der Waals surface area (Å²) in [5, 5.41) is 56.3. The molecule has 0 aromatic heterocycles. The van der Waals surface area contributed by atoms with Gasteiger partial charge in [0.05, 0.1) is 26.4 Å². The summed E-state index contributed by atoms with van der Waals surface area (Å²) in [5.41, 5.74) is 3.29. The summed E-state index contributed by atoms with van der Waals surface area (Å²) >= 11 is 0. The number of benzene rings is 3. The van der Waals surface area contributed by atoms with Gasteiger partial charge in [-0.3, -0.25) is 19.2 Å². The number of amides is 2. The van der Waals surface area contributed by atoms with Crippen molar-refractivity contribution in [1.29, 1.82) is 0 Å². The Labute approximate surface area is 350 Å². The molecule has 5 fully saturated rings. The van der Waals surface area contributed by atoms with Crippen molar-refractivity contribution in [3.05, 3.63) is 112 Å². The van der Waals surface area contributed by atoms with Crippen LogP contribution in [0.5, 0.6) is 0 Å². The normalized spacial score (nSPS) is 33.4. The lowest BCUT2D eigenvalue weighted by atomic mass is 9.62. The van der Waals surface area contributed by atoms with Crippen LogP contribution < -0.4 is 10.6 Å². The number of hydroxylamine groups is 2. The molecule has 0 unspecified atom stereocenters. The topological polar surface area (TPSA) is 235 Å². The number of hydrogen-bond donors (Lipinski definition) is 7. The first-order valence-electron chi connectivity index (χ1n) is 20.5. The lowest BCUT2D eigenvalue weighted by molar-refractivity contribution is -0.298. The van der Waals surface area contributed by atoms with Crippen LogP contribution in [0, 0.1) is 5.41 Å². The molecule has 7 N–H and O–H groups in total. The summed E-state index contributed by atoms with van der Waals surface area (Å²) in [5.74, 6) is -2.41. The molecule has 2 bridgehead atoms. The third-order valence-corrected chi connectivity index (χ3v) is 12.6. The second-order valence-corrected chi connectivity index (χ2v) is 16.5. The molecular formula is C44H49N3O14. The number of aliphatic hydroxyl groups is 5. The zero-order valence-corrected chi connectivity index (χ0v) is 33.1. The average Bonchev–Trinajstić information content (AvgIpc) is 3.94. The molecule has 11 atom stereocenters. The first kappa shape index (κ1) is 41.7. The van der Waals surface area contributed by atoms with Crippen molar-refractivity contribution in [2.45, 2.75) is 99.3 Å². The van der Waals surface area contributed by atoms with E-state index in [9.17, 15) is 34.8 Å². The van der Waals surface area contributed by atoms with Crippen LogP contribution in [0.3, 0.4) is 0 Å². The molecule has 61 heavy (non-hydrogen) atoms. The van der Waals surface area contributed by atoms with Crippen LogP contribution in [0.1, 0.15) is 44.6 Å². The van der Waals surface area contributed by atoms with Crippen LogP contribution in [0.15, 0.2) is 78.9 Å². The second kappa shape index (κ2) is 16.9. The highest BCUT2D eigenvalue weighted by atomic mass is 16.8. The number of fused-ring (bicyclic) bond motifs is 5. The third kappa shape index (κ3) is 7.67. The van der Waals surface area contributed by atoms with E-state index in [0.717, 1.165) is 22.3 Å². The Balaban J connectivity index is 0.951. The molecule has 4 heterocycles. The van der Waals surface area contributed by atoms with Gasteiger partial charge in [0.2, 0.25) is 5.91 Å². The molecule has 1 spiro atoms. The molecule has 17 heteroatoms. The number of aliphatic hydroxyl groups excluding tert-OH is 5. The van der Waals surface area contributed by atoms with E-state index in [1.54, 1.807) is 36.4 Å². The fourth-order valence-electron chi connectivity index (χ4n) is 9.72. The maximum atomic E-state index is 14.8. The van der Waals surface area contributed by atoms with Crippen molar-refractivity contribution in [2.75, 3.05) is 26.4 Å². The maximum Gasteiger partial charge on any atom is 0.327 e. The molecule has 2 amide bonds. The Hall–Kier alpha value is -4.63. The zero-order valence-electron chi connectivity index (χ0n) is 33.1. The van der Waals surface area contributed by atoms with E-state index in [-0.39, 0.29) is 45.2 Å². The monoisotopic (exact) mass is 843 g/mol. The Morgan fingerprint density at radius 3 is 2.41 bits per heavy atom. The molecule has 1 saturated carbocycles. The number of nitrogens with one attached hydrogen (secondary N) is 2. The number of esters is 1. The fraction of sp³-hybridized carbons (Fsp3) is 0.477. The number of rotatable bonds is 13. The smallest absolute Gasteiger partial charge is 0.327 e. The van der Waals surface area contributed by atoms with Crippen molar-refractivity contribution in [1.82, 2.24) is 15.7 Å². The molecule has 324 valence electrons. The Morgan fingerprint density at radius 2 is 1.64 bits per heavy atom. The first-order valence-corrected chi connectivity index (χ1v) is 20.5. The maximum absolute atomic E-state index is 14.8. The van der Waals surface area contributed by atoms with E-state index < -0.39 is 90.8 Å². The largest absolute Gasteiger partial charge is 0.458 e. The van der Waals surface area contributed by atoms with Crippen molar-refractivity contribution in [3.63, 3.8) is 0 Å². The Morgan fingerprint density at radius 1 is 0.885 bits per heavy atom. The van der Waals surface area contributed by atoms with Crippen LogP contribution in [0.2, 0.25) is 0 Å². The van der Waals surface area contributed by atoms with Gasteiger partial charge in [0.15, 0.2) is 18.1 Å². The summed E-state index contributed by atoms with van der Waals surface area (Å²) in [7, 11) is 0.